The number of nitrogens with zero attached hydrogens (tertiary/aromatic N) is 2. The maximum Gasteiger partial charge on any atom is 0.252 e. The second kappa shape index (κ2) is 8.40. The number of ether oxygens (including phenoxy) is 2. The van der Waals surface area contributed by atoms with Crippen molar-refractivity contribution in [3.63, 3.8) is 0 Å². The average molecular weight is 365 g/mol. The van der Waals surface area contributed by atoms with E-state index in [1.807, 2.05) is 49.0 Å². The third-order valence-electron chi connectivity index (χ3n) is 4.27. The number of aromatic nitrogens is 2. The van der Waals surface area contributed by atoms with Crippen LogP contribution in [0.15, 0.2) is 60.9 Å². The van der Waals surface area contributed by atoms with Gasteiger partial charge in [0.05, 0.1) is 13.7 Å². The van der Waals surface area contributed by atoms with Crippen molar-refractivity contribution in [3.8, 4) is 11.5 Å². The van der Waals surface area contributed by atoms with E-state index in [9.17, 15) is 4.79 Å². The lowest BCUT2D eigenvalue weighted by Crippen LogP contribution is -2.31. The molecule has 0 saturated carbocycles. The third kappa shape index (κ3) is 4.11. The Morgan fingerprint density at radius 2 is 1.93 bits per heavy atom. The number of hydrogen-bond donors (Lipinski definition) is 1. The van der Waals surface area contributed by atoms with Crippen molar-refractivity contribution in [2.24, 2.45) is 7.05 Å². The van der Waals surface area contributed by atoms with Gasteiger partial charge in [-0.3, -0.25) is 4.79 Å². The Morgan fingerprint density at radius 3 is 2.56 bits per heavy atom. The topological polar surface area (TPSA) is 65.4 Å². The Balaban J connectivity index is 1.92. The van der Waals surface area contributed by atoms with Gasteiger partial charge in [-0.2, -0.15) is 0 Å². The predicted octanol–water partition coefficient (Wildman–Crippen LogP) is 3.35. The zero-order valence-corrected chi connectivity index (χ0v) is 15.7. The molecule has 1 heterocycles. The zero-order valence-electron chi connectivity index (χ0n) is 15.7. The molecule has 0 saturated heterocycles. The fourth-order valence-electron chi connectivity index (χ4n) is 2.93. The van der Waals surface area contributed by atoms with Crippen molar-refractivity contribution in [2.45, 2.75) is 13.0 Å². The minimum Gasteiger partial charge on any atom is -0.496 e. The van der Waals surface area contributed by atoms with Crippen LogP contribution in [0.25, 0.3) is 0 Å². The number of nitrogens with one attached hydrogen (secondary N) is 1. The van der Waals surface area contributed by atoms with Crippen molar-refractivity contribution in [3.05, 3.63) is 77.9 Å². The molecule has 6 nitrogen and oxygen atoms in total. The summed E-state index contributed by atoms with van der Waals surface area (Å²) in [7, 11) is 3.51. The number of hydrogen-bond acceptors (Lipinski definition) is 4. The van der Waals surface area contributed by atoms with E-state index >= 15 is 0 Å². The van der Waals surface area contributed by atoms with Crippen LogP contribution in [0.1, 0.15) is 34.7 Å². The Bertz CT molecular complexity index is 903. The number of carbonyl (C=O) groups excluding carboxylic acids is 1. The molecular formula is C21H23N3O3. The number of rotatable bonds is 7. The molecule has 2 aromatic carbocycles. The summed E-state index contributed by atoms with van der Waals surface area (Å²) >= 11 is 0. The highest BCUT2D eigenvalue weighted by Crippen LogP contribution is 2.29. The molecule has 0 radical (unpaired) electrons. The van der Waals surface area contributed by atoms with Gasteiger partial charge >= 0.3 is 0 Å². The monoisotopic (exact) mass is 365 g/mol. The highest BCUT2D eigenvalue weighted by molar-refractivity contribution is 5.94. The average Bonchev–Trinajstić information content (AvgIpc) is 3.12. The van der Waals surface area contributed by atoms with Gasteiger partial charge in [0.1, 0.15) is 23.4 Å². The molecule has 0 aliphatic rings. The molecule has 0 aliphatic heterocycles. The summed E-state index contributed by atoms with van der Waals surface area (Å²) in [5.41, 5.74) is 1.39. The molecule has 1 aromatic heterocycles. The van der Waals surface area contributed by atoms with E-state index in [0.29, 0.717) is 17.9 Å². The number of methoxy groups -OCH3 is 1. The van der Waals surface area contributed by atoms with Crippen LogP contribution in [-0.4, -0.2) is 29.2 Å². The lowest BCUT2D eigenvalue weighted by atomic mass is 10.0. The molecule has 1 atom stereocenters. The quantitative estimate of drug-likeness (QED) is 0.697. The number of imidazole rings is 1. The van der Waals surface area contributed by atoms with Gasteiger partial charge < -0.3 is 19.4 Å². The van der Waals surface area contributed by atoms with E-state index in [0.717, 1.165) is 17.1 Å². The molecule has 27 heavy (non-hydrogen) atoms. The molecule has 0 aliphatic carbocycles. The molecule has 1 N–H and O–H groups in total. The van der Waals surface area contributed by atoms with Gasteiger partial charge in [0, 0.05) is 30.6 Å². The normalized spacial score (nSPS) is 11.7. The summed E-state index contributed by atoms with van der Waals surface area (Å²) in [5.74, 6) is 1.95. The highest BCUT2D eigenvalue weighted by Gasteiger charge is 2.24. The first-order valence-electron chi connectivity index (χ1n) is 8.78. The first-order chi connectivity index (χ1) is 13.1. The van der Waals surface area contributed by atoms with E-state index in [1.165, 1.54) is 0 Å². The molecule has 1 amide bonds. The maximum absolute atomic E-state index is 12.9. The second-order valence-electron chi connectivity index (χ2n) is 6.00. The van der Waals surface area contributed by atoms with E-state index in [2.05, 4.69) is 10.3 Å². The summed E-state index contributed by atoms with van der Waals surface area (Å²) in [4.78, 5) is 17.3. The summed E-state index contributed by atoms with van der Waals surface area (Å²) in [6, 6.07) is 14.2. The SMILES string of the molecule is CCOc1ccc(C(=O)NC(c2ccccc2OC)c2nccn2C)cc1. The van der Waals surface area contributed by atoms with Crippen molar-refractivity contribution < 1.29 is 14.3 Å². The van der Waals surface area contributed by atoms with Gasteiger partial charge in [-0.05, 0) is 37.3 Å². The molecule has 1 unspecified atom stereocenters. The van der Waals surface area contributed by atoms with Gasteiger partial charge in [0.2, 0.25) is 0 Å². The number of amides is 1. The van der Waals surface area contributed by atoms with Crippen LogP contribution in [0.5, 0.6) is 11.5 Å². The van der Waals surface area contributed by atoms with E-state index in [1.54, 1.807) is 37.6 Å². The van der Waals surface area contributed by atoms with Crippen molar-refractivity contribution in [1.29, 1.82) is 0 Å². The minimum absolute atomic E-state index is 0.197. The van der Waals surface area contributed by atoms with Crippen LogP contribution in [0.3, 0.4) is 0 Å². The van der Waals surface area contributed by atoms with Gasteiger partial charge in [0.15, 0.2) is 0 Å². The Kier molecular flexibility index (Phi) is 5.76. The molecular weight excluding hydrogens is 342 g/mol. The second-order valence-corrected chi connectivity index (χ2v) is 6.00. The van der Waals surface area contributed by atoms with Crippen LogP contribution in [0.4, 0.5) is 0 Å². The maximum atomic E-state index is 12.9. The van der Waals surface area contributed by atoms with Crippen LogP contribution < -0.4 is 14.8 Å². The molecule has 0 bridgehead atoms. The van der Waals surface area contributed by atoms with Crippen LogP contribution in [-0.2, 0) is 7.05 Å². The number of aryl methyl sites for hydroxylation is 1. The molecule has 3 rings (SSSR count). The first kappa shape index (κ1) is 18.5. The lowest BCUT2D eigenvalue weighted by molar-refractivity contribution is 0.0940. The number of carbonyl (C=O) groups is 1. The molecule has 140 valence electrons. The lowest BCUT2D eigenvalue weighted by Gasteiger charge is -2.21. The van der Waals surface area contributed by atoms with Gasteiger partial charge in [-0.1, -0.05) is 18.2 Å². The molecule has 3 aromatic rings. The predicted molar refractivity (Wildman–Crippen MR) is 103 cm³/mol. The van der Waals surface area contributed by atoms with E-state index in [4.69, 9.17) is 9.47 Å². The van der Waals surface area contributed by atoms with Gasteiger partial charge in [-0.25, -0.2) is 4.98 Å². The zero-order chi connectivity index (χ0) is 19.2. The van der Waals surface area contributed by atoms with Gasteiger partial charge in [-0.15, -0.1) is 0 Å². The third-order valence-corrected chi connectivity index (χ3v) is 4.27. The minimum atomic E-state index is -0.444. The van der Waals surface area contributed by atoms with Crippen LogP contribution in [0, 0.1) is 0 Å². The van der Waals surface area contributed by atoms with E-state index in [-0.39, 0.29) is 5.91 Å². The largest absolute Gasteiger partial charge is 0.496 e. The summed E-state index contributed by atoms with van der Waals surface area (Å²) < 4.78 is 12.8. The van der Waals surface area contributed by atoms with Crippen molar-refractivity contribution in [2.75, 3.05) is 13.7 Å². The van der Waals surface area contributed by atoms with Crippen LogP contribution in [0.2, 0.25) is 0 Å². The van der Waals surface area contributed by atoms with Crippen molar-refractivity contribution in [1.82, 2.24) is 14.9 Å². The summed E-state index contributed by atoms with van der Waals surface area (Å²) in [6.07, 6.45) is 3.56. The Labute approximate surface area is 158 Å². The first-order valence-corrected chi connectivity index (χ1v) is 8.78. The highest BCUT2D eigenvalue weighted by atomic mass is 16.5. The molecule has 6 heteroatoms. The van der Waals surface area contributed by atoms with E-state index < -0.39 is 6.04 Å². The summed E-state index contributed by atoms with van der Waals surface area (Å²) in [6.45, 7) is 2.51. The molecule has 0 spiro atoms. The standard InChI is InChI=1S/C21H23N3O3/c1-4-27-16-11-9-15(10-12-16)21(25)23-19(20-22-13-14-24(20)2)17-7-5-6-8-18(17)26-3/h5-14,19H,4H2,1-3H3,(H,23,25). The van der Waals surface area contributed by atoms with Gasteiger partial charge in [0.25, 0.3) is 5.91 Å². The Morgan fingerprint density at radius 1 is 1.19 bits per heavy atom. The van der Waals surface area contributed by atoms with Crippen LogP contribution >= 0.6 is 0 Å². The smallest absolute Gasteiger partial charge is 0.252 e. The number of benzene rings is 2. The number of para-hydroxylation sites is 1. The van der Waals surface area contributed by atoms with Crippen molar-refractivity contribution >= 4 is 5.91 Å². The fraction of sp³-hybridized carbons (Fsp3) is 0.238. The Hall–Kier alpha value is -3.28. The summed E-state index contributed by atoms with van der Waals surface area (Å²) in [5, 5.41) is 3.08. The fourth-order valence-corrected chi connectivity index (χ4v) is 2.93. The molecule has 0 fully saturated rings.